The Morgan fingerprint density at radius 2 is 1.57 bits per heavy atom. The van der Waals surface area contributed by atoms with Gasteiger partial charge < -0.3 is 4.90 Å². The van der Waals surface area contributed by atoms with E-state index in [-0.39, 0.29) is 5.69 Å². The smallest absolute Gasteiger partial charge is 0.262 e. The average molecular weight is 314 g/mol. The number of halogens is 2. The highest BCUT2D eigenvalue weighted by Crippen LogP contribution is 2.18. The van der Waals surface area contributed by atoms with Crippen molar-refractivity contribution in [1.29, 1.82) is 0 Å². The highest BCUT2D eigenvalue weighted by molar-refractivity contribution is 7.92. The van der Waals surface area contributed by atoms with Crippen molar-refractivity contribution < 1.29 is 17.2 Å². The second kappa shape index (κ2) is 5.60. The van der Waals surface area contributed by atoms with E-state index in [1.807, 2.05) is 0 Å². The van der Waals surface area contributed by atoms with E-state index < -0.39 is 26.6 Å². The van der Waals surface area contributed by atoms with E-state index in [0.717, 1.165) is 12.1 Å². The summed E-state index contributed by atoms with van der Waals surface area (Å²) in [5, 5.41) is 0. The fourth-order valence-corrected chi connectivity index (χ4v) is 2.57. The highest BCUT2D eigenvalue weighted by Gasteiger charge is 2.17. The fourth-order valence-electron chi connectivity index (χ4n) is 1.50. The predicted octanol–water partition coefficient (Wildman–Crippen LogP) is 1.62. The van der Waals surface area contributed by atoms with Crippen molar-refractivity contribution in [2.24, 2.45) is 0 Å². The van der Waals surface area contributed by atoms with Crippen molar-refractivity contribution >= 4 is 21.7 Å². The van der Waals surface area contributed by atoms with Gasteiger partial charge in [-0.05, 0) is 12.1 Å². The summed E-state index contributed by atoms with van der Waals surface area (Å²) in [5.74, 6) is -1.56. The summed E-state index contributed by atoms with van der Waals surface area (Å²) in [4.78, 5) is 8.98. The molecule has 1 aromatic heterocycles. The maximum absolute atomic E-state index is 13.1. The average Bonchev–Trinajstić information content (AvgIpc) is 2.37. The number of sulfonamides is 1. The summed E-state index contributed by atoms with van der Waals surface area (Å²) < 4.78 is 52.3. The summed E-state index contributed by atoms with van der Waals surface area (Å²) in [6, 6.07) is 2.04. The van der Waals surface area contributed by atoms with Gasteiger partial charge in [0, 0.05) is 20.2 Å². The van der Waals surface area contributed by atoms with Crippen LogP contribution >= 0.6 is 0 Å². The van der Waals surface area contributed by atoms with Crippen LogP contribution in [0.3, 0.4) is 0 Å². The SMILES string of the molecule is CN(C)c1ncc(NS(=O)(=O)c2cc(F)cc(F)c2)cn1. The third-order valence-corrected chi connectivity index (χ3v) is 3.80. The molecule has 0 fully saturated rings. The van der Waals surface area contributed by atoms with Crippen LogP contribution in [0.5, 0.6) is 0 Å². The molecule has 0 aliphatic rings. The Labute approximate surface area is 120 Å². The Morgan fingerprint density at radius 1 is 1.05 bits per heavy atom. The van der Waals surface area contributed by atoms with Gasteiger partial charge in [-0.25, -0.2) is 27.2 Å². The molecule has 0 saturated heterocycles. The normalized spacial score (nSPS) is 11.2. The first-order valence-corrected chi connectivity index (χ1v) is 7.24. The van der Waals surface area contributed by atoms with E-state index in [0.29, 0.717) is 12.0 Å². The molecule has 0 aliphatic heterocycles. The summed E-state index contributed by atoms with van der Waals surface area (Å²) in [5.41, 5.74) is 0.0882. The van der Waals surface area contributed by atoms with Gasteiger partial charge in [-0.3, -0.25) is 4.72 Å². The van der Waals surface area contributed by atoms with Crippen molar-refractivity contribution in [3.8, 4) is 0 Å². The van der Waals surface area contributed by atoms with Crippen molar-refractivity contribution in [3.05, 3.63) is 42.2 Å². The van der Waals surface area contributed by atoms with E-state index in [4.69, 9.17) is 0 Å². The number of benzene rings is 1. The molecule has 9 heteroatoms. The molecule has 0 aliphatic carbocycles. The van der Waals surface area contributed by atoms with Gasteiger partial charge >= 0.3 is 0 Å². The number of hydrogen-bond acceptors (Lipinski definition) is 5. The van der Waals surface area contributed by atoms with Gasteiger partial charge in [-0.1, -0.05) is 0 Å². The van der Waals surface area contributed by atoms with Crippen molar-refractivity contribution in [1.82, 2.24) is 9.97 Å². The van der Waals surface area contributed by atoms with Gasteiger partial charge in [0.05, 0.1) is 23.0 Å². The molecule has 2 rings (SSSR count). The predicted molar refractivity (Wildman–Crippen MR) is 73.5 cm³/mol. The van der Waals surface area contributed by atoms with E-state index >= 15 is 0 Å². The van der Waals surface area contributed by atoms with Crippen LogP contribution in [0, 0.1) is 11.6 Å². The molecule has 0 amide bonds. The number of rotatable bonds is 4. The molecule has 1 aromatic carbocycles. The monoisotopic (exact) mass is 314 g/mol. The van der Waals surface area contributed by atoms with Gasteiger partial charge in [0.25, 0.3) is 10.0 Å². The van der Waals surface area contributed by atoms with Crippen LogP contribution in [0.15, 0.2) is 35.5 Å². The first kappa shape index (κ1) is 15.1. The summed E-state index contributed by atoms with van der Waals surface area (Å²) in [7, 11) is -0.653. The number of anilines is 2. The van der Waals surface area contributed by atoms with Crippen molar-refractivity contribution in [2.75, 3.05) is 23.7 Å². The van der Waals surface area contributed by atoms with Gasteiger partial charge in [-0.2, -0.15) is 0 Å². The van der Waals surface area contributed by atoms with Crippen LogP contribution in [-0.4, -0.2) is 32.5 Å². The molecule has 21 heavy (non-hydrogen) atoms. The Hall–Kier alpha value is -2.29. The zero-order valence-corrected chi connectivity index (χ0v) is 12.0. The number of hydrogen-bond donors (Lipinski definition) is 1. The van der Waals surface area contributed by atoms with E-state index in [1.165, 1.54) is 12.4 Å². The minimum atomic E-state index is -4.12. The highest BCUT2D eigenvalue weighted by atomic mass is 32.2. The van der Waals surface area contributed by atoms with E-state index in [9.17, 15) is 17.2 Å². The molecule has 1 N–H and O–H groups in total. The number of nitrogens with zero attached hydrogens (tertiary/aromatic N) is 3. The molecule has 0 radical (unpaired) electrons. The standard InChI is InChI=1S/C12H12F2N4O2S/c1-18(2)12-15-6-10(7-16-12)17-21(19,20)11-4-8(13)3-9(14)5-11/h3-7,17H,1-2H3. The van der Waals surface area contributed by atoms with Crippen LogP contribution in [-0.2, 0) is 10.0 Å². The molecule has 0 unspecified atom stereocenters. The zero-order chi connectivity index (χ0) is 15.6. The van der Waals surface area contributed by atoms with Crippen molar-refractivity contribution in [3.63, 3.8) is 0 Å². The Balaban J connectivity index is 2.28. The first-order valence-electron chi connectivity index (χ1n) is 5.76. The van der Waals surface area contributed by atoms with Crippen molar-refractivity contribution in [2.45, 2.75) is 4.90 Å². The number of nitrogens with one attached hydrogen (secondary N) is 1. The van der Waals surface area contributed by atoms with Crippen LogP contribution in [0.1, 0.15) is 0 Å². The summed E-state index contributed by atoms with van der Waals surface area (Å²) in [6.45, 7) is 0. The largest absolute Gasteiger partial charge is 0.347 e. The quantitative estimate of drug-likeness (QED) is 0.928. The van der Waals surface area contributed by atoms with Crippen LogP contribution in [0.4, 0.5) is 20.4 Å². The van der Waals surface area contributed by atoms with Gasteiger partial charge in [0.15, 0.2) is 0 Å². The lowest BCUT2D eigenvalue weighted by atomic mass is 10.3. The molecule has 0 spiro atoms. The molecule has 2 aromatic rings. The minimum absolute atomic E-state index is 0.0882. The maximum atomic E-state index is 13.1. The molecule has 112 valence electrons. The third-order valence-electron chi connectivity index (χ3n) is 2.44. The maximum Gasteiger partial charge on any atom is 0.262 e. The lowest BCUT2D eigenvalue weighted by Gasteiger charge is -2.11. The fraction of sp³-hybridized carbons (Fsp3) is 0.167. The second-order valence-corrected chi connectivity index (χ2v) is 6.06. The molecule has 0 atom stereocenters. The molecular weight excluding hydrogens is 302 g/mol. The summed E-state index contributed by atoms with van der Waals surface area (Å²) >= 11 is 0. The zero-order valence-electron chi connectivity index (χ0n) is 11.2. The molecule has 0 saturated carbocycles. The first-order chi connectivity index (χ1) is 9.78. The van der Waals surface area contributed by atoms with Crippen LogP contribution in [0.25, 0.3) is 0 Å². The Morgan fingerprint density at radius 3 is 2.05 bits per heavy atom. The Bertz CT molecular complexity index is 728. The van der Waals surface area contributed by atoms with E-state index in [1.54, 1.807) is 19.0 Å². The lowest BCUT2D eigenvalue weighted by molar-refractivity contribution is 0.568. The molecular formula is C12H12F2N4O2S. The van der Waals surface area contributed by atoms with Gasteiger partial charge in [0.1, 0.15) is 11.6 Å². The van der Waals surface area contributed by atoms with E-state index in [2.05, 4.69) is 14.7 Å². The molecule has 1 heterocycles. The molecule has 0 bridgehead atoms. The third kappa shape index (κ3) is 3.63. The summed E-state index contributed by atoms with van der Waals surface area (Å²) in [6.07, 6.45) is 2.52. The van der Waals surface area contributed by atoms with Crippen LogP contribution < -0.4 is 9.62 Å². The van der Waals surface area contributed by atoms with Gasteiger partial charge in [0.2, 0.25) is 5.95 Å². The second-order valence-electron chi connectivity index (χ2n) is 4.38. The van der Waals surface area contributed by atoms with Crippen LogP contribution in [0.2, 0.25) is 0 Å². The topological polar surface area (TPSA) is 75.2 Å². The number of aromatic nitrogens is 2. The lowest BCUT2D eigenvalue weighted by Crippen LogP contribution is -2.16. The van der Waals surface area contributed by atoms with Gasteiger partial charge in [-0.15, -0.1) is 0 Å². The molecule has 6 nitrogen and oxygen atoms in total. The minimum Gasteiger partial charge on any atom is -0.347 e. The Kier molecular flexibility index (Phi) is 4.03.